The highest BCUT2D eigenvalue weighted by Gasteiger charge is 2.31. The predicted molar refractivity (Wildman–Crippen MR) is 161 cm³/mol. The number of nitrogens with zero attached hydrogens (tertiary/aromatic N) is 5. The maximum Gasteiger partial charge on any atom is 0.573 e. The molecule has 228 valence electrons. The second kappa shape index (κ2) is 12.9. The molecule has 0 unspecified atom stereocenters. The summed E-state index contributed by atoms with van der Waals surface area (Å²) in [5.74, 6) is 0.955. The first-order valence-electron chi connectivity index (χ1n) is 13.8. The van der Waals surface area contributed by atoms with Crippen LogP contribution in [0.4, 0.5) is 13.2 Å². The van der Waals surface area contributed by atoms with Gasteiger partial charge in [0, 0.05) is 23.1 Å². The Hall–Kier alpha value is -4.71. The van der Waals surface area contributed by atoms with Crippen LogP contribution in [0.3, 0.4) is 0 Å². The third kappa shape index (κ3) is 7.25. The maximum absolute atomic E-state index is 12.9. The van der Waals surface area contributed by atoms with Gasteiger partial charge in [0.2, 0.25) is 5.91 Å². The van der Waals surface area contributed by atoms with Gasteiger partial charge in [-0.05, 0) is 72.9 Å². The summed E-state index contributed by atoms with van der Waals surface area (Å²) in [6, 6.07) is 18.8. The van der Waals surface area contributed by atoms with Gasteiger partial charge in [0.25, 0.3) is 0 Å². The number of aromatic nitrogens is 4. The largest absolute Gasteiger partial charge is 0.573 e. The molecular formula is C32H30F3N5O3S. The van der Waals surface area contributed by atoms with Gasteiger partial charge in [-0.2, -0.15) is 4.99 Å². The summed E-state index contributed by atoms with van der Waals surface area (Å²) in [7, 11) is 1.64. The van der Waals surface area contributed by atoms with E-state index in [0.717, 1.165) is 33.8 Å². The number of methoxy groups -OCH3 is 1. The van der Waals surface area contributed by atoms with E-state index >= 15 is 0 Å². The quantitative estimate of drug-likeness (QED) is 0.174. The zero-order valence-corrected chi connectivity index (χ0v) is 25.3. The molecule has 5 aromatic rings. The summed E-state index contributed by atoms with van der Waals surface area (Å²) in [6.45, 7) is 6.24. The number of alkyl halides is 3. The first-order chi connectivity index (χ1) is 21.0. The van der Waals surface area contributed by atoms with E-state index < -0.39 is 6.36 Å². The first-order valence-corrected chi connectivity index (χ1v) is 14.7. The number of aryl methyl sites for hydroxylation is 2. The van der Waals surface area contributed by atoms with Gasteiger partial charge < -0.3 is 9.47 Å². The van der Waals surface area contributed by atoms with Crippen molar-refractivity contribution in [3.05, 3.63) is 100 Å². The number of carbonyl (C=O) groups excluding carboxylic acids is 1. The molecule has 0 aliphatic rings. The van der Waals surface area contributed by atoms with Crippen molar-refractivity contribution in [1.82, 2.24) is 19.3 Å². The van der Waals surface area contributed by atoms with Gasteiger partial charge in [0.05, 0.1) is 18.5 Å². The Morgan fingerprint density at radius 1 is 1.02 bits per heavy atom. The Bertz CT molecular complexity index is 1820. The van der Waals surface area contributed by atoms with Crippen molar-refractivity contribution in [2.45, 2.75) is 45.9 Å². The van der Waals surface area contributed by atoms with Crippen LogP contribution >= 0.6 is 11.3 Å². The second-order valence-corrected chi connectivity index (χ2v) is 11.2. The fourth-order valence-corrected chi connectivity index (χ4v) is 5.53. The van der Waals surface area contributed by atoms with E-state index in [9.17, 15) is 18.0 Å². The topological polar surface area (TPSA) is 83.5 Å². The minimum atomic E-state index is -4.75. The zero-order chi connectivity index (χ0) is 31.4. The zero-order valence-electron chi connectivity index (χ0n) is 24.5. The minimum Gasteiger partial charge on any atom is -0.497 e. The highest BCUT2D eigenvalue weighted by Crippen LogP contribution is 2.28. The molecule has 0 fully saturated rings. The van der Waals surface area contributed by atoms with Crippen LogP contribution in [0.5, 0.6) is 11.5 Å². The van der Waals surface area contributed by atoms with Crippen molar-refractivity contribution in [3.8, 4) is 34.3 Å². The molecule has 0 radical (unpaired) electrons. The van der Waals surface area contributed by atoms with Crippen LogP contribution in [0.1, 0.15) is 43.0 Å². The molecule has 8 nitrogen and oxygen atoms in total. The molecule has 44 heavy (non-hydrogen) atoms. The van der Waals surface area contributed by atoms with Gasteiger partial charge in [-0.3, -0.25) is 9.36 Å². The molecule has 0 bridgehead atoms. The fraction of sp³-hybridized carbons (Fsp3) is 0.250. The molecule has 3 aromatic carbocycles. The monoisotopic (exact) mass is 621 g/mol. The number of rotatable bonds is 9. The molecule has 5 rings (SSSR count). The smallest absolute Gasteiger partial charge is 0.497 e. The normalized spacial score (nSPS) is 12.1. The van der Waals surface area contributed by atoms with E-state index in [0.29, 0.717) is 22.7 Å². The highest BCUT2D eigenvalue weighted by atomic mass is 32.1. The summed E-state index contributed by atoms with van der Waals surface area (Å²) >= 11 is 1.43. The number of thiazole rings is 1. The summed E-state index contributed by atoms with van der Waals surface area (Å²) < 4.78 is 50.1. The predicted octanol–water partition coefficient (Wildman–Crippen LogP) is 7.19. The molecule has 0 aliphatic heterocycles. The van der Waals surface area contributed by atoms with E-state index in [2.05, 4.69) is 33.7 Å². The second-order valence-electron chi connectivity index (χ2n) is 10.3. The SMILES string of the molecule is COc1ccc(-n2c(C)csc2=NC(=O)CCc2ccc(-c3ncn(-c4ccc(OC(F)(F)F)cc4)n3)cc2)c(C(C)C)c1. The summed E-state index contributed by atoms with van der Waals surface area (Å²) in [5.41, 5.74) is 5.33. The minimum absolute atomic E-state index is 0.212. The summed E-state index contributed by atoms with van der Waals surface area (Å²) in [6.07, 6.45) is -2.51. The van der Waals surface area contributed by atoms with Gasteiger partial charge in [-0.1, -0.05) is 38.1 Å². The van der Waals surface area contributed by atoms with Gasteiger partial charge >= 0.3 is 6.36 Å². The van der Waals surface area contributed by atoms with Gasteiger partial charge in [-0.25, -0.2) is 9.67 Å². The van der Waals surface area contributed by atoms with Crippen LogP contribution in [-0.2, 0) is 11.2 Å². The number of hydrogen-bond acceptors (Lipinski definition) is 6. The molecule has 0 saturated carbocycles. The van der Waals surface area contributed by atoms with Gasteiger partial charge in [-0.15, -0.1) is 29.6 Å². The molecular weight excluding hydrogens is 591 g/mol. The first kappa shape index (κ1) is 30.7. The molecule has 0 aliphatic carbocycles. The van der Waals surface area contributed by atoms with E-state index in [4.69, 9.17) is 4.74 Å². The maximum atomic E-state index is 12.9. The van der Waals surface area contributed by atoms with Gasteiger partial charge in [0.1, 0.15) is 17.8 Å². The van der Waals surface area contributed by atoms with E-state index in [1.807, 2.05) is 59.3 Å². The number of amides is 1. The number of halogens is 3. The van der Waals surface area contributed by atoms with Crippen LogP contribution < -0.4 is 14.3 Å². The van der Waals surface area contributed by atoms with Crippen molar-refractivity contribution in [2.75, 3.05) is 7.11 Å². The van der Waals surface area contributed by atoms with Crippen molar-refractivity contribution < 1.29 is 27.4 Å². The lowest BCUT2D eigenvalue weighted by Gasteiger charge is -2.16. The van der Waals surface area contributed by atoms with Crippen LogP contribution in [0.2, 0.25) is 0 Å². The van der Waals surface area contributed by atoms with Crippen LogP contribution in [0, 0.1) is 6.92 Å². The molecule has 0 N–H and O–H groups in total. The average molecular weight is 622 g/mol. The summed E-state index contributed by atoms with van der Waals surface area (Å²) in [5, 5.41) is 6.42. The molecule has 0 saturated heterocycles. The molecule has 0 atom stereocenters. The van der Waals surface area contributed by atoms with Crippen molar-refractivity contribution >= 4 is 17.2 Å². The number of ether oxygens (including phenoxy) is 2. The lowest BCUT2D eigenvalue weighted by Crippen LogP contribution is -2.18. The Kier molecular flexibility index (Phi) is 9.00. The standard InChI is InChI=1S/C32H30F3N5O3S/c1-20(2)27-17-26(42-4)14-15-28(27)40-21(3)18-44-31(40)37-29(41)16-7-22-5-8-23(9-6-22)30-36-19-39(38-30)24-10-12-25(13-11-24)43-32(33,34)35/h5-6,8-15,17-20H,7,16H2,1-4H3. The lowest BCUT2D eigenvalue weighted by molar-refractivity contribution is -0.274. The highest BCUT2D eigenvalue weighted by molar-refractivity contribution is 7.07. The molecule has 2 heterocycles. The molecule has 0 spiro atoms. The Morgan fingerprint density at radius 2 is 1.73 bits per heavy atom. The van der Waals surface area contributed by atoms with Crippen LogP contribution in [-0.4, -0.2) is 38.7 Å². The van der Waals surface area contributed by atoms with E-state index in [1.54, 1.807) is 7.11 Å². The van der Waals surface area contributed by atoms with E-state index in [-0.39, 0.29) is 24.0 Å². The van der Waals surface area contributed by atoms with E-state index in [1.165, 1.54) is 46.6 Å². The summed E-state index contributed by atoms with van der Waals surface area (Å²) in [4.78, 5) is 22.3. The third-order valence-corrected chi connectivity index (χ3v) is 7.81. The third-order valence-electron chi connectivity index (χ3n) is 6.86. The van der Waals surface area contributed by atoms with Crippen LogP contribution in [0.15, 0.2) is 83.4 Å². The Morgan fingerprint density at radius 3 is 2.39 bits per heavy atom. The molecule has 12 heteroatoms. The van der Waals surface area contributed by atoms with Crippen molar-refractivity contribution in [2.24, 2.45) is 4.99 Å². The fourth-order valence-electron chi connectivity index (χ4n) is 4.64. The Balaban J connectivity index is 1.25. The lowest BCUT2D eigenvalue weighted by atomic mass is 10.0. The van der Waals surface area contributed by atoms with Crippen LogP contribution in [0.25, 0.3) is 22.8 Å². The van der Waals surface area contributed by atoms with Crippen molar-refractivity contribution in [3.63, 3.8) is 0 Å². The Labute approximate surface area is 256 Å². The number of benzene rings is 3. The average Bonchev–Trinajstić information content (AvgIpc) is 3.62. The van der Waals surface area contributed by atoms with Gasteiger partial charge in [0.15, 0.2) is 10.6 Å². The molecule has 1 amide bonds. The molecule has 2 aromatic heterocycles. The number of carbonyl (C=O) groups is 1. The number of hydrogen-bond donors (Lipinski definition) is 0. The van der Waals surface area contributed by atoms with Crippen molar-refractivity contribution in [1.29, 1.82) is 0 Å².